The van der Waals surface area contributed by atoms with Crippen molar-refractivity contribution in [2.45, 2.75) is 45.8 Å². The van der Waals surface area contributed by atoms with Gasteiger partial charge in [0.05, 0.1) is 6.10 Å². The van der Waals surface area contributed by atoms with Crippen molar-refractivity contribution in [3.05, 3.63) is 35.4 Å². The van der Waals surface area contributed by atoms with E-state index in [-0.39, 0.29) is 5.41 Å². The second-order valence-corrected chi connectivity index (χ2v) is 7.41. The molecule has 1 aromatic rings. The van der Waals surface area contributed by atoms with E-state index in [0.29, 0.717) is 36.6 Å². The van der Waals surface area contributed by atoms with Crippen LogP contribution in [-0.4, -0.2) is 37.8 Å². The lowest BCUT2D eigenvalue weighted by Crippen LogP contribution is -2.68. The molecule has 0 aromatic heterocycles. The van der Waals surface area contributed by atoms with Gasteiger partial charge in [-0.3, -0.25) is 4.99 Å². The standard InChI is InChI=1S/C19H27F2N3O/c1-4-22-18(23-10-8-12-6-5-7-14(20)15(12)21)24-16-13-9-11-25-17(13)19(16,2)3/h5-7,13,16-17H,4,8-11H2,1-3H3,(H2,22,23,24). The van der Waals surface area contributed by atoms with Crippen molar-refractivity contribution >= 4 is 5.96 Å². The molecule has 2 aliphatic rings. The summed E-state index contributed by atoms with van der Waals surface area (Å²) in [6.45, 7) is 8.40. The predicted octanol–water partition coefficient (Wildman–Crippen LogP) is 2.88. The second kappa shape index (κ2) is 7.28. The SMILES string of the molecule is CCNC(=NCCc1cccc(F)c1F)NC1C2CCOC2C1(C)C. The van der Waals surface area contributed by atoms with Gasteiger partial charge in [-0.05, 0) is 31.4 Å². The first-order valence-electron chi connectivity index (χ1n) is 9.04. The van der Waals surface area contributed by atoms with E-state index in [1.807, 2.05) is 6.92 Å². The van der Waals surface area contributed by atoms with Crippen LogP contribution in [0, 0.1) is 23.0 Å². The Kier molecular flexibility index (Phi) is 5.27. The monoisotopic (exact) mass is 351 g/mol. The van der Waals surface area contributed by atoms with Crippen LogP contribution in [0.5, 0.6) is 0 Å². The van der Waals surface area contributed by atoms with Gasteiger partial charge in [0.25, 0.3) is 0 Å². The highest BCUT2D eigenvalue weighted by Gasteiger charge is 2.59. The third kappa shape index (κ3) is 3.50. The summed E-state index contributed by atoms with van der Waals surface area (Å²) in [5, 5.41) is 6.76. The Bertz CT molecular complexity index is 648. The van der Waals surface area contributed by atoms with Crippen molar-refractivity contribution in [1.29, 1.82) is 0 Å². The first kappa shape index (κ1) is 18.1. The van der Waals surface area contributed by atoms with Crippen LogP contribution in [0.2, 0.25) is 0 Å². The van der Waals surface area contributed by atoms with Gasteiger partial charge in [0.15, 0.2) is 17.6 Å². The Labute approximate surface area is 148 Å². The van der Waals surface area contributed by atoms with E-state index in [2.05, 4.69) is 29.5 Å². The van der Waals surface area contributed by atoms with Crippen LogP contribution < -0.4 is 10.6 Å². The number of nitrogens with one attached hydrogen (secondary N) is 2. The number of nitrogens with zero attached hydrogens (tertiary/aromatic N) is 1. The third-order valence-corrected chi connectivity index (χ3v) is 5.42. The molecule has 138 valence electrons. The van der Waals surface area contributed by atoms with E-state index >= 15 is 0 Å². The Morgan fingerprint density at radius 2 is 2.16 bits per heavy atom. The van der Waals surface area contributed by atoms with Crippen molar-refractivity contribution < 1.29 is 13.5 Å². The molecule has 2 N–H and O–H groups in total. The molecule has 3 atom stereocenters. The van der Waals surface area contributed by atoms with Gasteiger partial charge in [-0.25, -0.2) is 8.78 Å². The van der Waals surface area contributed by atoms with E-state index in [1.54, 1.807) is 6.07 Å². The van der Waals surface area contributed by atoms with Gasteiger partial charge in [-0.15, -0.1) is 0 Å². The topological polar surface area (TPSA) is 45.7 Å². The second-order valence-electron chi connectivity index (χ2n) is 7.41. The zero-order valence-electron chi connectivity index (χ0n) is 15.1. The first-order valence-corrected chi connectivity index (χ1v) is 9.04. The summed E-state index contributed by atoms with van der Waals surface area (Å²) in [5.41, 5.74) is 0.416. The van der Waals surface area contributed by atoms with Gasteiger partial charge in [0, 0.05) is 37.1 Å². The normalized spacial score (nSPS) is 27.6. The van der Waals surface area contributed by atoms with Gasteiger partial charge >= 0.3 is 0 Å². The Balaban J connectivity index is 1.63. The minimum absolute atomic E-state index is 0.0615. The maximum Gasteiger partial charge on any atom is 0.191 e. The smallest absolute Gasteiger partial charge is 0.191 e. The van der Waals surface area contributed by atoms with Gasteiger partial charge in [0.2, 0.25) is 0 Å². The minimum atomic E-state index is -0.810. The van der Waals surface area contributed by atoms with E-state index < -0.39 is 11.6 Å². The average molecular weight is 351 g/mol. The molecule has 4 nitrogen and oxygen atoms in total. The molecular formula is C19H27F2N3O. The van der Waals surface area contributed by atoms with E-state index in [4.69, 9.17) is 4.74 Å². The highest BCUT2D eigenvalue weighted by atomic mass is 19.2. The minimum Gasteiger partial charge on any atom is -0.377 e. The fourth-order valence-corrected chi connectivity index (χ4v) is 4.11. The molecule has 2 fully saturated rings. The highest BCUT2D eigenvalue weighted by molar-refractivity contribution is 5.80. The zero-order valence-corrected chi connectivity index (χ0v) is 15.1. The molecule has 3 rings (SSSR count). The lowest BCUT2D eigenvalue weighted by atomic mass is 9.57. The Morgan fingerprint density at radius 3 is 2.92 bits per heavy atom. The molecule has 1 heterocycles. The van der Waals surface area contributed by atoms with Crippen LogP contribution in [0.1, 0.15) is 32.8 Å². The number of aliphatic imine (C=N–C) groups is 1. The highest BCUT2D eigenvalue weighted by Crippen LogP contribution is 2.52. The first-order chi connectivity index (χ1) is 11.9. The van der Waals surface area contributed by atoms with Gasteiger partial charge in [0.1, 0.15) is 0 Å². The lowest BCUT2D eigenvalue weighted by molar-refractivity contribution is -0.106. The third-order valence-electron chi connectivity index (χ3n) is 5.42. The number of fused-ring (bicyclic) bond motifs is 1. The summed E-state index contributed by atoms with van der Waals surface area (Å²) in [7, 11) is 0. The molecule has 0 radical (unpaired) electrons. The number of hydrogen-bond acceptors (Lipinski definition) is 2. The van der Waals surface area contributed by atoms with Crippen molar-refractivity contribution in [2.24, 2.45) is 16.3 Å². The Hall–Kier alpha value is -1.69. The summed E-state index contributed by atoms with van der Waals surface area (Å²) in [6.07, 6.45) is 1.75. The maximum atomic E-state index is 13.7. The molecule has 6 heteroatoms. The van der Waals surface area contributed by atoms with Crippen LogP contribution in [0.15, 0.2) is 23.2 Å². The fraction of sp³-hybridized carbons (Fsp3) is 0.632. The maximum absolute atomic E-state index is 13.7. The van der Waals surface area contributed by atoms with Gasteiger partial charge < -0.3 is 15.4 Å². The number of benzene rings is 1. The molecule has 1 saturated carbocycles. The number of halogens is 2. The molecular weight excluding hydrogens is 324 g/mol. The summed E-state index contributed by atoms with van der Waals surface area (Å²) >= 11 is 0. The molecule has 1 aliphatic carbocycles. The number of rotatable bonds is 5. The van der Waals surface area contributed by atoms with Crippen molar-refractivity contribution in [3.63, 3.8) is 0 Å². The van der Waals surface area contributed by atoms with Crippen LogP contribution in [0.3, 0.4) is 0 Å². The predicted molar refractivity (Wildman–Crippen MR) is 94.6 cm³/mol. The summed E-state index contributed by atoms with van der Waals surface area (Å²) < 4.78 is 32.8. The van der Waals surface area contributed by atoms with Crippen LogP contribution in [0.4, 0.5) is 8.78 Å². The molecule has 1 aromatic carbocycles. The zero-order chi connectivity index (χ0) is 18.0. The summed E-state index contributed by atoms with van der Waals surface area (Å²) in [6, 6.07) is 4.57. The average Bonchev–Trinajstić information content (AvgIpc) is 3.03. The molecule has 0 spiro atoms. The fourth-order valence-electron chi connectivity index (χ4n) is 4.11. The van der Waals surface area contributed by atoms with Gasteiger partial charge in [-0.2, -0.15) is 0 Å². The van der Waals surface area contributed by atoms with Crippen molar-refractivity contribution in [3.8, 4) is 0 Å². The molecule has 0 amide bonds. The number of hydrogen-bond donors (Lipinski definition) is 2. The van der Waals surface area contributed by atoms with E-state index in [1.165, 1.54) is 6.07 Å². The molecule has 0 bridgehead atoms. The molecule has 1 saturated heterocycles. The molecule has 3 unspecified atom stereocenters. The van der Waals surface area contributed by atoms with Gasteiger partial charge in [-0.1, -0.05) is 26.0 Å². The Morgan fingerprint density at radius 1 is 1.36 bits per heavy atom. The van der Waals surface area contributed by atoms with E-state index in [0.717, 1.165) is 31.6 Å². The number of guanidine groups is 1. The molecule has 1 aliphatic heterocycles. The van der Waals surface area contributed by atoms with Crippen LogP contribution in [-0.2, 0) is 11.2 Å². The molecule has 25 heavy (non-hydrogen) atoms. The van der Waals surface area contributed by atoms with Crippen LogP contribution >= 0.6 is 0 Å². The van der Waals surface area contributed by atoms with Crippen LogP contribution in [0.25, 0.3) is 0 Å². The summed E-state index contributed by atoms with van der Waals surface area (Å²) in [4.78, 5) is 4.55. The lowest BCUT2D eigenvalue weighted by Gasteiger charge is -2.54. The quantitative estimate of drug-likeness (QED) is 0.633. The number of ether oxygens (including phenoxy) is 1. The van der Waals surface area contributed by atoms with Crippen molar-refractivity contribution in [1.82, 2.24) is 10.6 Å². The summed E-state index contributed by atoms with van der Waals surface area (Å²) in [5.74, 6) is -0.348. The largest absolute Gasteiger partial charge is 0.377 e. The van der Waals surface area contributed by atoms with Crippen molar-refractivity contribution in [2.75, 3.05) is 19.7 Å². The van der Waals surface area contributed by atoms with E-state index in [9.17, 15) is 8.78 Å².